The fourth-order valence-electron chi connectivity index (χ4n) is 4.10. The third-order valence-corrected chi connectivity index (χ3v) is 5.61. The number of rotatable bonds is 8. The number of carbonyl (C=O) groups is 2. The molecule has 0 aromatic heterocycles. The van der Waals surface area contributed by atoms with E-state index < -0.39 is 0 Å². The molecule has 2 rings (SSSR count). The average Bonchev–Trinajstić information content (AvgIpc) is 2.71. The topological polar surface area (TPSA) is 67.4 Å². The molecule has 5 heteroatoms. The Hall–Kier alpha value is -2.56. The average molecular weight is 399 g/mol. The predicted molar refractivity (Wildman–Crippen MR) is 117 cm³/mol. The number of amides is 1. The molecule has 29 heavy (non-hydrogen) atoms. The fourth-order valence-corrected chi connectivity index (χ4v) is 4.10. The van der Waals surface area contributed by atoms with Crippen LogP contribution >= 0.6 is 0 Å². The Kier molecular flexibility index (Phi) is 8.06. The number of carbonyl (C=O) groups excluding carboxylic acids is 2. The van der Waals surface area contributed by atoms with Crippen LogP contribution in [0.4, 0.5) is 5.69 Å². The van der Waals surface area contributed by atoms with Crippen molar-refractivity contribution in [3.63, 3.8) is 0 Å². The maximum absolute atomic E-state index is 13.5. The molecule has 1 amide bonds. The van der Waals surface area contributed by atoms with Crippen molar-refractivity contribution in [3.8, 4) is 0 Å². The van der Waals surface area contributed by atoms with Crippen molar-refractivity contribution >= 4 is 17.6 Å². The zero-order chi connectivity index (χ0) is 21.6. The Labute approximate surface area is 174 Å². The Morgan fingerprint density at radius 2 is 1.62 bits per heavy atom. The fraction of sp³-hybridized carbons (Fsp3) is 0.500. The minimum absolute atomic E-state index is 0.152. The molecule has 1 aliphatic rings. The van der Waals surface area contributed by atoms with E-state index in [0.29, 0.717) is 11.1 Å². The standard InChI is InChI=1S/C24H34N2O3/c1-7-10-14-19-20(15(4)25-16(5)21(19)24(28)29-6)23(27)26-22-17(8-2)12-11-13-18(22)9-3/h11-13,19,25H,7-10,14H2,1-6H3,(H,26,27). The van der Waals surface area contributed by atoms with E-state index in [1.54, 1.807) is 0 Å². The van der Waals surface area contributed by atoms with Crippen molar-refractivity contribution < 1.29 is 14.3 Å². The number of allylic oxidation sites excluding steroid dienone is 2. The van der Waals surface area contributed by atoms with E-state index in [4.69, 9.17) is 4.74 Å². The molecule has 1 atom stereocenters. The van der Waals surface area contributed by atoms with Gasteiger partial charge in [0.15, 0.2) is 0 Å². The SMILES string of the molecule is CCCCC1C(C(=O)Nc2c(CC)cccc2CC)=C(C)NC(C)=C1C(=O)OC. The lowest BCUT2D eigenvalue weighted by molar-refractivity contribution is -0.136. The van der Waals surface area contributed by atoms with Gasteiger partial charge in [0.1, 0.15) is 0 Å². The Morgan fingerprint density at radius 3 is 2.14 bits per heavy atom. The summed E-state index contributed by atoms with van der Waals surface area (Å²) in [5.41, 5.74) is 5.85. The molecular formula is C24H34N2O3. The number of dihydropyridines is 1. The van der Waals surface area contributed by atoms with E-state index in [9.17, 15) is 9.59 Å². The Morgan fingerprint density at radius 1 is 1.03 bits per heavy atom. The maximum atomic E-state index is 13.5. The number of hydrogen-bond acceptors (Lipinski definition) is 4. The molecule has 1 heterocycles. The van der Waals surface area contributed by atoms with Crippen molar-refractivity contribution in [3.05, 3.63) is 51.9 Å². The van der Waals surface area contributed by atoms with Gasteiger partial charge in [0.05, 0.1) is 12.7 Å². The first-order chi connectivity index (χ1) is 13.9. The summed E-state index contributed by atoms with van der Waals surface area (Å²) >= 11 is 0. The van der Waals surface area contributed by atoms with Crippen LogP contribution in [0.2, 0.25) is 0 Å². The number of hydrogen-bond donors (Lipinski definition) is 2. The second kappa shape index (κ2) is 10.3. The van der Waals surface area contributed by atoms with Crippen LogP contribution in [0.1, 0.15) is 65.0 Å². The Bertz CT molecular complexity index is 814. The van der Waals surface area contributed by atoms with Crippen LogP contribution in [0.15, 0.2) is 40.7 Å². The summed E-state index contributed by atoms with van der Waals surface area (Å²) in [6, 6.07) is 6.13. The second-order valence-electron chi connectivity index (χ2n) is 7.50. The van der Waals surface area contributed by atoms with Gasteiger partial charge in [-0.25, -0.2) is 4.79 Å². The summed E-state index contributed by atoms with van der Waals surface area (Å²) in [5.74, 6) is -0.805. The minimum Gasteiger partial charge on any atom is -0.466 e. The van der Waals surface area contributed by atoms with Crippen molar-refractivity contribution in [2.45, 2.75) is 66.7 Å². The van der Waals surface area contributed by atoms with Crippen molar-refractivity contribution in [1.82, 2.24) is 5.32 Å². The van der Waals surface area contributed by atoms with E-state index in [2.05, 4.69) is 31.4 Å². The largest absolute Gasteiger partial charge is 0.466 e. The summed E-state index contributed by atoms with van der Waals surface area (Å²) in [4.78, 5) is 26.0. The summed E-state index contributed by atoms with van der Waals surface area (Å²) in [7, 11) is 1.38. The highest BCUT2D eigenvalue weighted by Crippen LogP contribution is 2.35. The van der Waals surface area contributed by atoms with Gasteiger partial charge in [-0.1, -0.05) is 51.8 Å². The van der Waals surface area contributed by atoms with E-state index in [1.807, 2.05) is 32.0 Å². The lowest BCUT2D eigenvalue weighted by atomic mass is 9.81. The molecule has 1 aromatic carbocycles. The third kappa shape index (κ3) is 4.89. The quantitative estimate of drug-likeness (QED) is 0.613. The van der Waals surface area contributed by atoms with Crippen LogP contribution < -0.4 is 10.6 Å². The molecule has 1 aliphatic heterocycles. The van der Waals surface area contributed by atoms with Gasteiger partial charge in [-0.05, 0) is 44.2 Å². The number of para-hydroxylation sites is 1. The van der Waals surface area contributed by atoms with Gasteiger partial charge >= 0.3 is 5.97 Å². The molecule has 1 unspecified atom stereocenters. The number of ether oxygens (including phenoxy) is 1. The van der Waals surface area contributed by atoms with E-state index in [-0.39, 0.29) is 17.8 Å². The summed E-state index contributed by atoms with van der Waals surface area (Å²) in [6.45, 7) is 10.0. The van der Waals surface area contributed by atoms with Crippen molar-refractivity contribution in [2.24, 2.45) is 5.92 Å². The molecule has 0 aliphatic carbocycles. The molecule has 1 aromatic rings. The summed E-state index contributed by atoms with van der Waals surface area (Å²) < 4.78 is 5.03. The van der Waals surface area contributed by atoms with Crippen molar-refractivity contribution in [2.75, 3.05) is 12.4 Å². The zero-order valence-electron chi connectivity index (χ0n) is 18.6. The highest BCUT2D eigenvalue weighted by atomic mass is 16.5. The van der Waals surface area contributed by atoms with Crippen molar-refractivity contribution in [1.29, 1.82) is 0 Å². The summed E-state index contributed by atoms with van der Waals surface area (Å²) in [6.07, 6.45) is 4.32. The van der Waals surface area contributed by atoms with Gasteiger partial charge in [0, 0.05) is 28.6 Å². The van der Waals surface area contributed by atoms with Crippen LogP contribution in [0, 0.1) is 5.92 Å². The first-order valence-electron chi connectivity index (χ1n) is 10.6. The molecule has 0 saturated heterocycles. The van der Waals surface area contributed by atoms with E-state index in [1.165, 1.54) is 7.11 Å². The number of nitrogens with one attached hydrogen (secondary N) is 2. The monoisotopic (exact) mass is 398 g/mol. The zero-order valence-corrected chi connectivity index (χ0v) is 18.6. The van der Waals surface area contributed by atoms with Gasteiger partial charge < -0.3 is 15.4 Å². The molecule has 5 nitrogen and oxygen atoms in total. The molecule has 0 saturated carbocycles. The number of anilines is 1. The predicted octanol–water partition coefficient (Wildman–Crippen LogP) is 4.88. The lowest BCUT2D eigenvalue weighted by Gasteiger charge is -2.30. The van der Waals surface area contributed by atoms with E-state index in [0.717, 1.165) is 60.3 Å². The van der Waals surface area contributed by atoms with Crippen LogP contribution in [0.3, 0.4) is 0 Å². The maximum Gasteiger partial charge on any atom is 0.336 e. The van der Waals surface area contributed by atoms with E-state index >= 15 is 0 Å². The number of benzene rings is 1. The number of unbranched alkanes of at least 4 members (excludes halogenated alkanes) is 1. The van der Waals surface area contributed by atoms with Gasteiger partial charge in [0.25, 0.3) is 5.91 Å². The minimum atomic E-state index is -0.378. The first kappa shape index (κ1) is 22.7. The van der Waals surface area contributed by atoms with Crippen LogP contribution in [0.5, 0.6) is 0 Å². The number of esters is 1. The molecule has 158 valence electrons. The van der Waals surface area contributed by atoms with Gasteiger partial charge in [-0.2, -0.15) is 0 Å². The summed E-state index contributed by atoms with van der Waals surface area (Å²) in [5, 5.41) is 6.39. The van der Waals surface area contributed by atoms with Crippen LogP contribution in [-0.4, -0.2) is 19.0 Å². The van der Waals surface area contributed by atoms with Gasteiger partial charge in [0.2, 0.25) is 0 Å². The molecule has 0 bridgehead atoms. The first-order valence-corrected chi connectivity index (χ1v) is 10.6. The highest BCUT2D eigenvalue weighted by Gasteiger charge is 2.35. The number of aryl methyl sites for hydroxylation is 2. The molecule has 0 fully saturated rings. The highest BCUT2D eigenvalue weighted by molar-refractivity contribution is 6.07. The molecule has 0 spiro atoms. The van der Waals surface area contributed by atoms with Crippen LogP contribution in [-0.2, 0) is 27.2 Å². The Balaban J connectivity index is 2.46. The normalized spacial score (nSPS) is 16.6. The second-order valence-corrected chi connectivity index (χ2v) is 7.50. The smallest absolute Gasteiger partial charge is 0.336 e. The van der Waals surface area contributed by atoms with Gasteiger partial charge in [-0.3, -0.25) is 4.79 Å². The third-order valence-electron chi connectivity index (χ3n) is 5.61. The number of methoxy groups -OCH3 is 1. The van der Waals surface area contributed by atoms with Gasteiger partial charge in [-0.15, -0.1) is 0 Å². The van der Waals surface area contributed by atoms with Crippen LogP contribution in [0.25, 0.3) is 0 Å². The molecule has 0 radical (unpaired) electrons. The molecular weight excluding hydrogens is 364 g/mol. The lowest BCUT2D eigenvalue weighted by Crippen LogP contribution is -2.35. The molecule has 2 N–H and O–H groups in total.